The third-order valence-electron chi connectivity index (χ3n) is 4.26. The van der Waals surface area contributed by atoms with E-state index in [1.807, 2.05) is 0 Å². The van der Waals surface area contributed by atoms with Gasteiger partial charge in [-0.15, -0.1) is 26.3 Å². The summed E-state index contributed by atoms with van der Waals surface area (Å²) >= 11 is 0. The molecule has 0 aliphatic heterocycles. The van der Waals surface area contributed by atoms with E-state index < -0.39 is 53.4 Å². The standard InChI is InChI=1S/C22H13F8N3O4S2/c23-16-2-1-3-17(24)18(16)19(34)31-20(35)33(13-6-10-15(11-7-13)37-22(28,29)30)39-38-32-12-4-8-14(9-5-12)36-21(25,26)27/h1-11,32H,(H,31,34,35). The van der Waals surface area contributed by atoms with Crippen LogP contribution in [-0.4, -0.2) is 24.7 Å². The molecule has 3 aromatic carbocycles. The Balaban J connectivity index is 1.75. The Hall–Kier alpha value is -3.86. The molecule has 0 atom stereocenters. The topological polar surface area (TPSA) is 79.9 Å². The smallest absolute Gasteiger partial charge is 0.406 e. The normalized spacial score (nSPS) is 11.5. The summed E-state index contributed by atoms with van der Waals surface area (Å²) in [6, 6.07) is 9.60. The van der Waals surface area contributed by atoms with Crippen molar-refractivity contribution in [2.75, 3.05) is 9.03 Å². The van der Waals surface area contributed by atoms with Gasteiger partial charge in [0.25, 0.3) is 5.91 Å². The third-order valence-corrected chi connectivity index (χ3v) is 6.10. The Morgan fingerprint density at radius 1 is 0.744 bits per heavy atom. The van der Waals surface area contributed by atoms with Crippen LogP contribution in [0.5, 0.6) is 11.5 Å². The molecule has 0 fully saturated rings. The minimum Gasteiger partial charge on any atom is -0.406 e. The zero-order chi connectivity index (χ0) is 28.8. The van der Waals surface area contributed by atoms with E-state index in [-0.39, 0.29) is 11.4 Å². The molecular weight excluding hydrogens is 586 g/mol. The first kappa shape index (κ1) is 29.7. The van der Waals surface area contributed by atoms with Crippen molar-refractivity contribution < 1.29 is 54.2 Å². The molecule has 0 saturated carbocycles. The summed E-state index contributed by atoms with van der Waals surface area (Å²) in [5.74, 6) is -5.04. The predicted octanol–water partition coefficient (Wildman–Crippen LogP) is 7.44. The van der Waals surface area contributed by atoms with Crippen LogP contribution in [0, 0.1) is 11.6 Å². The molecule has 17 heteroatoms. The van der Waals surface area contributed by atoms with Crippen LogP contribution >= 0.6 is 22.0 Å². The molecule has 0 unspecified atom stereocenters. The van der Waals surface area contributed by atoms with Gasteiger partial charge in [-0.2, -0.15) is 0 Å². The maximum absolute atomic E-state index is 13.9. The highest BCUT2D eigenvalue weighted by Crippen LogP contribution is 2.35. The Bertz CT molecular complexity index is 1290. The number of hydrogen-bond acceptors (Lipinski definition) is 7. The number of ether oxygens (including phenoxy) is 2. The van der Waals surface area contributed by atoms with Gasteiger partial charge in [0.1, 0.15) is 28.7 Å². The van der Waals surface area contributed by atoms with Crippen LogP contribution < -0.4 is 23.8 Å². The van der Waals surface area contributed by atoms with Crippen molar-refractivity contribution >= 4 is 45.3 Å². The molecular formula is C22H13F8N3O4S2. The van der Waals surface area contributed by atoms with Gasteiger partial charge in [-0.3, -0.25) is 10.1 Å². The van der Waals surface area contributed by atoms with Crippen LogP contribution in [0.2, 0.25) is 0 Å². The minimum atomic E-state index is -4.98. The fourth-order valence-corrected chi connectivity index (χ4v) is 4.48. The van der Waals surface area contributed by atoms with Crippen molar-refractivity contribution in [2.24, 2.45) is 0 Å². The molecule has 0 aliphatic rings. The number of carbonyl (C=O) groups is 2. The SMILES string of the molecule is O=C(NC(=O)N(SSNc1ccc(OC(F)(F)F)cc1)c1ccc(OC(F)(F)F)cc1)c1c(F)cccc1F. The fourth-order valence-electron chi connectivity index (χ4n) is 2.73. The van der Waals surface area contributed by atoms with Crippen molar-refractivity contribution in [3.8, 4) is 11.5 Å². The average molecular weight is 599 g/mol. The lowest BCUT2D eigenvalue weighted by Crippen LogP contribution is -2.40. The van der Waals surface area contributed by atoms with Gasteiger partial charge in [-0.25, -0.2) is 17.9 Å². The summed E-state index contributed by atoms with van der Waals surface area (Å²) in [6.07, 6.45) is -9.87. The van der Waals surface area contributed by atoms with Crippen LogP contribution in [0.15, 0.2) is 66.7 Å². The van der Waals surface area contributed by atoms with Crippen LogP contribution in [0.1, 0.15) is 10.4 Å². The van der Waals surface area contributed by atoms with E-state index in [0.717, 1.165) is 58.9 Å². The Labute approximate surface area is 222 Å². The summed E-state index contributed by atoms with van der Waals surface area (Å²) in [6.45, 7) is 0. The molecule has 2 N–H and O–H groups in total. The van der Waals surface area contributed by atoms with Gasteiger partial charge >= 0.3 is 18.8 Å². The molecule has 0 aromatic heterocycles. The molecule has 0 aliphatic carbocycles. The Kier molecular flexibility index (Phi) is 9.39. The molecule has 0 radical (unpaired) electrons. The van der Waals surface area contributed by atoms with Crippen LogP contribution in [-0.2, 0) is 0 Å². The summed E-state index contributed by atoms with van der Waals surface area (Å²) in [7, 11) is 1.27. The molecule has 3 amide bonds. The number of amides is 3. The van der Waals surface area contributed by atoms with E-state index in [4.69, 9.17) is 0 Å². The number of halogens is 8. The number of anilines is 2. The van der Waals surface area contributed by atoms with Crippen molar-refractivity contribution in [1.29, 1.82) is 0 Å². The zero-order valence-electron chi connectivity index (χ0n) is 18.8. The number of imide groups is 1. The predicted molar refractivity (Wildman–Crippen MR) is 127 cm³/mol. The molecule has 3 aromatic rings. The average Bonchev–Trinajstić information content (AvgIpc) is 2.81. The zero-order valence-corrected chi connectivity index (χ0v) is 20.4. The maximum Gasteiger partial charge on any atom is 0.573 e. The summed E-state index contributed by atoms with van der Waals surface area (Å²) in [5, 5.41) is 1.78. The van der Waals surface area contributed by atoms with E-state index in [9.17, 15) is 44.7 Å². The Morgan fingerprint density at radius 3 is 1.72 bits per heavy atom. The van der Waals surface area contributed by atoms with Crippen LogP contribution in [0.3, 0.4) is 0 Å². The van der Waals surface area contributed by atoms with Crippen molar-refractivity contribution in [2.45, 2.75) is 12.7 Å². The van der Waals surface area contributed by atoms with E-state index in [2.05, 4.69) is 14.2 Å². The molecule has 0 saturated heterocycles. The number of alkyl halides is 6. The highest BCUT2D eigenvalue weighted by atomic mass is 33.1. The van der Waals surface area contributed by atoms with Gasteiger partial charge < -0.3 is 14.2 Å². The number of carbonyl (C=O) groups excluding carboxylic acids is 2. The second-order valence-corrected chi connectivity index (χ2v) is 8.86. The molecule has 0 spiro atoms. The fraction of sp³-hybridized carbons (Fsp3) is 0.0909. The van der Waals surface area contributed by atoms with Crippen molar-refractivity contribution in [3.63, 3.8) is 0 Å². The lowest BCUT2D eigenvalue weighted by molar-refractivity contribution is -0.275. The summed E-state index contributed by atoms with van der Waals surface area (Å²) in [5.41, 5.74) is -0.880. The van der Waals surface area contributed by atoms with Crippen molar-refractivity contribution in [1.82, 2.24) is 5.32 Å². The van der Waals surface area contributed by atoms with Gasteiger partial charge in [0.2, 0.25) is 0 Å². The first-order valence-corrected chi connectivity index (χ1v) is 12.2. The number of nitrogens with one attached hydrogen (secondary N) is 2. The lowest BCUT2D eigenvalue weighted by Gasteiger charge is -2.21. The van der Waals surface area contributed by atoms with Gasteiger partial charge in [0.15, 0.2) is 0 Å². The maximum atomic E-state index is 13.9. The van der Waals surface area contributed by atoms with Gasteiger partial charge in [0.05, 0.1) is 16.7 Å². The summed E-state index contributed by atoms with van der Waals surface area (Å²) < 4.78 is 113. The molecule has 3 rings (SSSR count). The molecule has 0 heterocycles. The van der Waals surface area contributed by atoms with Gasteiger partial charge in [0, 0.05) is 16.7 Å². The second kappa shape index (κ2) is 12.3. The minimum absolute atomic E-state index is 0.0861. The van der Waals surface area contributed by atoms with Gasteiger partial charge in [-0.1, -0.05) is 6.07 Å². The van der Waals surface area contributed by atoms with E-state index in [1.54, 1.807) is 5.32 Å². The molecule has 0 bridgehead atoms. The summed E-state index contributed by atoms with van der Waals surface area (Å²) in [4.78, 5) is 25.2. The number of hydrogen-bond donors (Lipinski definition) is 2. The van der Waals surface area contributed by atoms with Crippen molar-refractivity contribution in [3.05, 3.63) is 83.9 Å². The first-order valence-electron chi connectivity index (χ1n) is 10.1. The van der Waals surface area contributed by atoms with Gasteiger partial charge in [-0.05, 0) is 60.7 Å². The van der Waals surface area contributed by atoms with Crippen LogP contribution in [0.25, 0.3) is 0 Å². The lowest BCUT2D eigenvalue weighted by atomic mass is 10.2. The van der Waals surface area contributed by atoms with E-state index >= 15 is 0 Å². The monoisotopic (exact) mass is 599 g/mol. The van der Waals surface area contributed by atoms with E-state index in [1.165, 1.54) is 12.1 Å². The highest BCUT2D eigenvalue weighted by Gasteiger charge is 2.32. The number of benzene rings is 3. The highest BCUT2D eigenvalue weighted by molar-refractivity contribution is 8.77. The molecule has 39 heavy (non-hydrogen) atoms. The Morgan fingerprint density at radius 2 is 1.23 bits per heavy atom. The number of rotatable bonds is 8. The van der Waals surface area contributed by atoms with E-state index in [0.29, 0.717) is 22.0 Å². The molecule has 7 nitrogen and oxygen atoms in total. The second-order valence-electron chi connectivity index (χ2n) is 7.02. The van der Waals surface area contributed by atoms with Crippen LogP contribution in [0.4, 0.5) is 51.3 Å². The third kappa shape index (κ3) is 9.13. The first-order chi connectivity index (χ1) is 18.2. The number of urea groups is 1. The molecule has 208 valence electrons. The largest absolute Gasteiger partial charge is 0.573 e. The number of nitrogens with zero attached hydrogens (tertiary/aromatic N) is 1. The quantitative estimate of drug-likeness (QED) is 0.158.